The van der Waals surface area contributed by atoms with Gasteiger partial charge in [-0.05, 0) is 48.6 Å². The van der Waals surface area contributed by atoms with Gasteiger partial charge in [0.1, 0.15) is 31.8 Å². The largest absolute Gasteiger partial charge is 0.375 e. The van der Waals surface area contributed by atoms with Crippen molar-refractivity contribution in [3.8, 4) is 17.2 Å². The Morgan fingerprint density at radius 1 is 0.532 bits per heavy atom. The molecule has 19 heteroatoms. The van der Waals surface area contributed by atoms with Crippen molar-refractivity contribution >= 4 is 88.9 Å². The fourth-order valence-corrected chi connectivity index (χ4v) is 9.93. The normalized spacial score (nSPS) is 14.8. The predicted molar refractivity (Wildman–Crippen MR) is 225 cm³/mol. The molecular formula is C43H27N3O13S3. The molecular weight excluding hydrogens is 863 g/mol. The lowest BCUT2D eigenvalue weighted by Gasteiger charge is -2.21. The zero-order valence-corrected chi connectivity index (χ0v) is 33.9. The van der Waals surface area contributed by atoms with Crippen LogP contribution in [0.25, 0.3) is 18.2 Å². The summed E-state index contributed by atoms with van der Waals surface area (Å²) in [6.07, 6.45) is 10.1. The lowest BCUT2D eigenvalue weighted by molar-refractivity contribution is 0.103. The van der Waals surface area contributed by atoms with Crippen LogP contribution in [0, 0.1) is 16.2 Å². The molecule has 0 saturated heterocycles. The van der Waals surface area contributed by atoms with E-state index in [1.807, 2.05) is 0 Å². The van der Waals surface area contributed by atoms with Gasteiger partial charge in [0.15, 0.2) is 17.3 Å². The maximum Gasteiger partial charge on any atom is 0.340 e. The minimum Gasteiger partial charge on any atom is -0.375 e. The molecule has 310 valence electrons. The number of benzene rings is 4. The van der Waals surface area contributed by atoms with E-state index in [0.717, 1.165) is 78.9 Å². The van der Waals surface area contributed by atoms with Crippen LogP contribution in [-0.2, 0) is 30.4 Å². The number of fused-ring (bicyclic) bond motifs is 3. The molecule has 7 rings (SSSR count). The second kappa shape index (κ2) is 15.7. The lowest BCUT2D eigenvalue weighted by Crippen LogP contribution is -2.22. The zero-order chi connectivity index (χ0) is 44.9. The van der Waals surface area contributed by atoms with Gasteiger partial charge in [-0.25, -0.2) is 0 Å². The van der Waals surface area contributed by atoms with Crippen molar-refractivity contribution in [3.63, 3.8) is 0 Å². The number of rotatable bonds is 13. The van der Waals surface area contributed by atoms with E-state index >= 15 is 0 Å². The Hall–Kier alpha value is -7.74. The van der Waals surface area contributed by atoms with Crippen LogP contribution in [0.15, 0.2) is 137 Å². The van der Waals surface area contributed by atoms with Gasteiger partial charge >= 0.3 is 30.4 Å². The second-order valence-electron chi connectivity index (χ2n) is 13.2. The molecule has 16 nitrogen and oxygen atoms in total. The van der Waals surface area contributed by atoms with Gasteiger partial charge in [-0.3, -0.25) is 35.4 Å². The number of carbonyl (C=O) groups excluding carboxylic acids is 4. The molecule has 0 amide bonds. The fraction of sp³-hybridized carbons (Fsp3) is 0. The van der Waals surface area contributed by atoms with Gasteiger partial charge < -0.3 is 12.5 Å². The number of nitrogens with one attached hydrogen (secondary N) is 3. The second-order valence-corrected chi connectivity index (χ2v) is 17.7. The molecule has 0 saturated carbocycles. The van der Waals surface area contributed by atoms with E-state index in [0.29, 0.717) is 0 Å². The smallest absolute Gasteiger partial charge is 0.340 e. The van der Waals surface area contributed by atoms with E-state index < -0.39 is 108 Å². The van der Waals surface area contributed by atoms with E-state index in [1.165, 1.54) is 42.5 Å². The first-order valence-electron chi connectivity index (χ1n) is 17.6. The standard InChI is InChI=1S/C43H27N3O13S3/c1-3-8-23(4-2)39(47)24-21-34(57-60(51,52)36-12-5-9-28-25(36)15-18-31(44)40(28)48)43(59-62(55,56)38-14-7-11-30-27(38)17-20-33(46)42(30)50)35(22-24)58-61(53,54)37-13-6-10-29-26(37)16-19-32(45)41(29)49/h3-22,44-46H,1-2H2/b23-8+,44-31?,45-32?,46-33?. The van der Waals surface area contributed by atoms with Gasteiger partial charge in [-0.15, -0.1) is 0 Å². The summed E-state index contributed by atoms with van der Waals surface area (Å²) in [6.45, 7) is 7.13. The number of carbonyl (C=O) groups is 4. The van der Waals surface area contributed by atoms with Crippen LogP contribution in [-0.4, -0.2) is 65.5 Å². The monoisotopic (exact) mass is 889 g/mol. The van der Waals surface area contributed by atoms with Crippen molar-refractivity contribution in [2.24, 2.45) is 0 Å². The molecule has 3 N–H and O–H groups in total. The summed E-state index contributed by atoms with van der Waals surface area (Å²) in [5, 5.41) is 23.7. The predicted octanol–water partition coefficient (Wildman–Crippen LogP) is 6.16. The average Bonchev–Trinajstić information content (AvgIpc) is 3.24. The Morgan fingerprint density at radius 2 is 0.887 bits per heavy atom. The quantitative estimate of drug-likeness (QED) is 0.0588. The molecule has 0 heterocycles. The Morgan fingerprint density at radius 3 is 1.23 bits per heavy atom. The van der Waals surface area contributed by atoms with Crippen LogP contribution in [0.3, 0.4) is 0 Å². The maximum absolute atomic E-state index is 14.3. The highest BCUT2D eigenvalue weighted by Crippen LogP contribution is 2.45. The topological polar surface area (TPSA) is 270 Å². The average molecular weight is 890 g/mol. The summed E-state index contributed by atoms with van der Waals surface area (Å²) in [4.78, 5) is 50.4. The van der Waals surface area contributed by atoms with E-state index in [2.05, 4.69) is 13.2 Å². The van der Waals surface area contributed by atoms with E-state index in [1.54, 1.807) is 0 Å². The molecule has 0 radical (unpaired) electrons. The highest BCUT2D eigenvalue weighted by molar-refractivity contribution is 7.88. The molecule has 0 spiro atoms. The van der Waals surface area contributed by atoms with Crippen molar-refractivity contribution in [2.75, 3.05) is 0 Å². The molecule has 0 unspecified atom stereocenters. The van der Waals surface area contributed by atoms with E-state index in [-0.39, 0.29) is 39.0 Å². The molecule has 62 heavy (non-hydrogen) atoms. The van der Waals surface area contributed by atoms with Crippen LogP contribution in [0.2, 0.25) is 0 Å². The third kappa shape index (κ3) is 7.51. The van der Waals surface area contributed by atoms with Crippen LogP contribution < -0.4 is 12.5 Å². The summed E-state index contributed by atoms with van der Waals surface area (Å²) >= 11 is 0. The van der Waals surface area contributed by atoms with Crippen molar-refractivity contribution in [2.45, 2.75) is 14.7 Å². The van der Waals surface area contributed by atoms with Crippen molar-refractivity contribution in [1.82, 2.24) is 0 Å². The van der Waals surface area contributed by atoms with Gasteiger partial charge in [0.2, 0.25) is 23.1 Å². The van der Waals surface area contributed by atoms with Crippen molar-refractivity contribution in [1.29, 1.82) is 16.2 Å². The number of Topliss-reactive ketones (excluding diaryl/α,β-unsaturated/α-hetero) is 4. The third-order valence-corrected chi connectivity index (χ3v) is 13.2. The zero-order valence-electron chi connectivity index (χ0n) is 31.5. The molecule has 0 aliphatic heterocycles. The molecule has 0 fully saturated rings. The number of hydrogen-bond acceptors (Lipinski definition) is 16. The lowest BCUT2D eigenvalue weighted by atomic mass is 9.95. The first kappa shape index (κ1) is 42.4. The molecule has 0 aromatic heterocycles. The minimum atomic E-state index is -5.31. The fourth-order valence-electron chi connectivity index (χ4n) is 6.48. The molecule has 4 aromatic rings. The molecule has 3 aliphatic carbocycles. The van der Waals surface area contributed by atoms with E-state index in [4.69, 9.17) is 28.8 Å². The Labute approximate surface area is 353 Å². The van der Waals surface area contributed by atoms with Gasteiger partial charge in [-0.2, -0.15) is 25.3 Å². The molecule has 0 atom stereocenters. The molecule has 4 aromatic carbocycles. The first-order chi connectivity index (χ1) is 29.3. The summed E-state index contributed by atoms with van der Waals surface area (Å²) in [6, 6.07) is 11.8. The minimum absolute atomic E-state index is 0.173. The highest BCUT2D eigenvalue weighted by Gasteiger charge is 2.36. The van der Waals surface area contributed by atoms with Crippen molar-refractivity contribution in [3.05, 3.63) is 161 Å². The summed E-state index contributed by atoms with van der Waals surface area (Å²) in [5.41, 5.74) is -3.44. The van der Waals surface area contributed by atoms with E-state index in [9.17, 15) is 44.4 Å². The highest BCUT2D eigenvalue weighted by atomic mass is 32.2. The number of allylic oxidation sites excluding steroid dienone is 7. The first-order valence-corrected chi connectivity index (χ1v) is 21.9. The summed E-state index contributed by atoms with van der Waals surface area (Å²) < 4.78 is 102. The Bertz CT molecular complexity index is 3180. The third-order valence-electron chi connectivity index (χ3n) is 9.38. The maximum atomic E-state index is 14.3. The molecule has 3 aliphatic rings. The van der Waals surface area contributed by atoms with Gasteiger partial charge in [-0.1, -0.05) is 86.0 Å². The van der Waals surface area contributed by atoms with Crippen LogP contribution >= 0.6 is 0 Å². The van der Waals surface area contributed by atoms with Crippen molar-refractivity contribution < 1.29 is 57.0 Å². The Balaban J connectivity index is 1.49. The van der Waals surface area contributed by atoms with Gasteiger partial charge in [0.25, 0.3) is 0 Å². The van der Waals surface area contributed by atoms with Crippen LogP contribution in [0.1, 0.15) is 58.1 Å². The summed E-state index contributed by atoms with van der Waals surface area (Å²) in [7, 11) is -15.8. The van der Waals surface area contributed by atoms with Crippen LogP contribution in [0.5, 0.6) is 17.2 Å². The molecule has 0 bridgehead atoms. The Kier molecular flexibility index (Phi) is 10.7. The van der Waals surface area contributed by atoms with Gasteiger partial charge in [0.05, 0.1) is 0 Å². The SMILES string of the molecule is C=C/C=C(\C=C)C(=O)c1cc(OS(=O)(=O)c2cccc3c2C=CC(=N)C3=O)c(OS(=O)(=O)c2cccc3c2C=CC(=N)C3=O)c(OS(=O)(=O)c2cccc3c2C=CC(=N)C3=O)c1. The number of hydrogen-bond donors (Lipinski definition) is 3. The number of ketones is 4. The van der Waals surface area contributed by atoms with Gasteiger partial charge in [0, 0.05) is 44.5 Å². The van der Waals surface area contributed by atoms with Crippen LogP contribution in [0.4, 0.5) is 0 Å². The summed E-state index contributed by atoms with van der Waals surface area (Å²) in [5.74, 6) is -7.01.